The molecule has 2 aromatic rings. The number of benzene rings is 1. The number of hydrogen-bond acceptors (Lipinski definition) is 4. The summed E-state index contributed by atoms with van der Waals surface area (Å²) in [6, 6.07) is 9.81. The van der Waals surface area contributed by atoms with Gasteiger partial charge in [-0.25, -0.2) is 4.79 Å². The van der Waals surface area contributed by atoms with Gasteiger partial charge >= 0.3 is 5.97 Å². The summed E-state index contributed by atoms with van der Waals surface area (Å²) < 4.78 is 4.94. The van der Waals surface area contributed by atoms with Gasteiger partial charge in [-0.2, -0.15) is 5.10 Å². The van der Waals surface area contributed by atoms with Gasteiger partial charge in [-0.1, -0.05) is 30.0 Å². The highest BCUT2D eigenvalue weighted by molar-refractivity contribution is 7.99. The van der Waals surface area contributed by atoms with Gasteiger partial charge in [-0.15, -0.1) is 0 Å². The van der Waals surface area contributed by atoms with Gasteiger partial charge in [0.1, 0.15) is 0 Å². The third kappa shape index (κ3) is 2.88. The Morgan fingerprint density at radius 1 is 1.41 bits per heavy atom. The number of hydrogen-bond donors (Lipinski definition) is 1. The first-order valence-corrected chi connectivity index (χ1v) is 6.06. The van der Waals surface area contributed by atoms with Crippen molar-refractivity contribution < 1.29 is 9.53 Å². The van der Waals surface area contributed by atoms with Gasteiger partial charge in [0.15, 0.2) is 5.69 Å². The molecule has 0 saturated carbocycles. The van der Waals surface area contributed by atoms with Crippen LogP contribution in [-0.2, 0) is 4.74 Å². The Morgan fingerprint density at radius 3 is 2.88 bits per heavy atom. The first kappa shape index (κ1) is 11.7. The number of ether oxygens (including phenoxy) is 1. The maximum atomic E-state index is 11.6. The minimum Gasteiger partial charge on any atom is -0.461 e. The predicted octanol–water partition coefficient (Wildman–Crippen LogP) is 2.74. The monoisotopic (exact) mass is 248 g/mol. The van der Waals surface area contributed by atoms with E-state index in [2.05, 4.69) is 10.2 Å². The molecule has 0 aliphatic carbocycles. The number of aromatic amines is 1. The van der Waals surface area contributed by atoms with Crippen molar-refractivity contribution in [2.24, 2.45) is 0 Å². The Morgan fingerprint density at radius 2 is 2.18 bits per heavy atom. The lowest BCUT2D eigenvalue weighted by molar-refractivity contribution is 0.0515. The van der Waals surface area contributed by atoms with E-state index in [1.165, 1.54) is 11.8 Å². The van der Waals surface area contributed by atoms with Crippen molar-refractivity contribution >= 4 is 17.7 Å². The fraction of sp³-hybridized carbons (Fsp3) is 0.167. The normalized spacial score (nSPS) is 10.2. The van der Waals surface area contributed by atoms with Crippen molar-refractivity contribution in [2.75, 3.05) is 6.61 Å². The number of nitrogens with zero attached hydrogens (tertiary/aromatic N) is 1. The summed E-state index contributed by atoms with van der Waals surface area (Å²) in [4.78, 5) is 13.4. The molecule has 0 amide bonds. The molecule has 0 unspecified atom stereocenters. The average Bonchev–Trinajstić information content (AvgIpc) is 2.79. The van der Waals surface area contributed by atoms with Crippen LogP contribution in [0.1, 0.15) is 17.4 Å². The number of carbonyl (C=O) groups is 1. The minimum absolute atomic E-state index is 0.354. The van der Waals surface area contributed by atoms with Gasteiger partial charge < -0.3 is 4.74 Å². The smallest absolute Gasteiger partial charge is 0.357 e. The van der Waals surface area contributed by atoms with Crippen LogP contribution >= 0.6 is 11.8 Å². The number of nitrogens with one attached hydrogen (secondary N) is 1. The van der Waals surface area contributed by atoms with E-state index in [1.54, 1.807) is 13.1 Å². The van der Waals surface area contributed by atoms with Crippen LogP contribution in [0.25, 0.3) is 0 Å². The number of esters is 1. The van der Waals surface area contributed by atoms with E-state index in [1.807, 2.05) is 30.3 Å². The number of H-pyrrole nitrogens is 1. The number of rotatable bonds is 4. The van der Waals surface area contributed by atoms with Gasteiger partial charge in [-0.3, -0.25) is 5.10 Å². The van der Waals surface area contributed by atoms with Crippen LogP contribution in [0, 0.1) is 0 Å². The second kappa shape index (κ2) is 5.54. The molecule has 2 rings (SSSR count). The third-order valence-electron chi connectivity index (χ3n) is 2.06. The molecule has 0 aliphatic rings. The fourth-order valence-electron chi connectivity index (χ4n) is 1.32. The molecular weight excluding hydrogens is 236 g/mol. The fourth-order valence-corrected chi connectivity index (χ4v) is 2.20. The summed E-state index contributed by atoms with van der Waals surface area (Å²) >= 11 is 1.48. The first-order valence-electron chi connectivity index (χ1n) is 5.24. The highest BCUT2D eigenvalue weighted by Crippen LogP contribution is 2.29. The molecule has 17 heavy (non-hydrogen) atoms. The van der Waals surface area contributed by atoms with E-state index < -0.39 is 0 Å². The number of aromatic nitrogens is 2. The van der Waals surface area contributed by atoms with Crippen LogP contribution in [0.5, 0.6) is 0 Å². The van der Waals surface area contributed by atoms with Gasteiger partial charge in [0, 0.05) is 4.90 Å². The Bertz CT molecular complexity index is 496. The Labute approximate surface area is 103 Å². The van der Waals surface area contributed by atoms with Gasteiger partial charge in [-0.05, 0) is 19.1 Å². The highest BCUT2D eigenvalue weighted by atomic mass is 32.2. The molecule has 0 saturated heterocycles. The lowest BCUT2D eigenvalue weighted by atomic mass is 10.4. The maximum absolute atomic E-state index is 11.6. The molecule has 0 spiro atoms. The van der Waals surface area contributed by atoms with E-state index in [-0.39, 0.29) is 5.97 Å². The van der Waals surface area contributed by atoms with Crippen LogP contribution in [0.3, 0.4) is 0 Å². The molecule has 1 aromatic carbocycles. The van der Waals surface area contributed by atoms with Crippen molar-refractivity contribution in [3.63, 3.8) is 0 Å². The van der Waals surface area contributed by atoms with E-state index in [0.717, 1.165) is 9.79 Å². The third-order valence-corrected chi connectivity index (χ3v) is 3.09. The van der Waals surface area contributed by atoms with E-state index in [0.29, 0.717) is 12.3 Å². The zero-order valence-corrected chi connectivity index (χ0v) is 10.2. The van der Waals surface area contributed by atoms with Crippen molar-refractivity contribution in [1.29, 1.82) is 0 Å². The van der Waals surface area contributed by atoms with Crippen LogP contribution in [0.15, 0.2) is 46.3 Å². The molecule has 1 aromatic heterocycles. The second-order valence-corrected chi connectivity index (χ2v) is 4.36. The summed E-state index contributed by atoms with van der Waals surface area (Å²) in [7, 11) is 0. The molecular formula is C12H12N2O2S. The molecule has 88 valence electrons. The predicted molar refractivity (Wildman–Crippen MR) is 65.1 cm³/mol. The molecule has 5 heteroatoms. The summed E-state index contributed by atoms with van der Waals surface area (Å²) in [5.74, 6) is -0.372. The van der Waals surface area contributed by atoms with E-state index >= 15 is 0 Å². The van der Waals surface area contributed by atoms with Crippen LogP contribution in [0.2, 0.25) is 0 Å². The van der Waals surface area contributed by atoms with Crippen LogP contribution < -0.4 is 0 Å². The molecule has 0 fully saturated rings. The zero-order valence-electron chi connectivity index (χ0n) is 9.34. The Hall–Kier alpha value is -1.75. The summed E-state index contributed by atoms with van der Waals surface area (Å²) in [5.41, 5.74) is 0.403. The van der Waals surface area contributed by atoms with Crippen molar-refractivity contribution in [2.45, 2.75) is 16.7 Å². The lowest BCUT2D eigenvalue weighted by Gasteiger charge is -2.02. The van der Waals surface area contributed by atoms with E-state index in [4.69, 9.17) is 4.74 Å². The van der Waals surface area contributed by atoms with Gasteiger partial charge in [0.2, 0.25) is 0 Å². The average molecular weight is 248 g/mol. The Kier molecular flexibility index (Phi) is 3.82. The maximum Gasteiger partial charge on any atom is 0.357 e. The summed E-state index contributed by atoms with van der Waals surface area (Å²) in [6.07, 6.45) is 1.63. The lowest BCUT2D eigenvalue weighted by Crippen LogP contribution is -2.06. The Balaban J connectivity index is 2.17. The topological polar surface area (TPSA) is 55.0 Å². The zero-order chi connectivity index (χ0) is 12.1. The SMILES string of the molecule is CCOC(=O)c1[nH]ncc1Sc1ccccc1. The van der Waals surface area contributed by atoms with Crippen molar-refractivity contribution in [1.82, 2.24) is 10.2 Å². The highest BCUT2D eigenvalue weighted by Gasteiger charge is 2.15. The molecule has 0 atom stereocenters. The van der Waals surface area contributed by atoms with Gasteiger partial charge in [0.05, 0.1) is 17.7 Å². The van der Waals surface area contributed by atoms with Crippen molar-refractivity contribution in [3.05, 3.63) is 42.2 Å². The minimum atomic E-state index is -0.372. The quantitative estimate of drug-likeness (QED) is 0.845. The molecule has 0 aliphatic heterocycles. The molecule has 4 nitrogen and oxygen atoms in total. The standard InChI is InChI=1S/C12H12N2O2S/c1-2-16-12(15)11-10(8-13-14-11)17-9-6-4-3-5-7-9/h3-8H,2H2,1H3,(H,13,14). The molecule has 0 radical (unpaired) electrons. The largest absolute Gasteiger partial charge is 0.461 e. The van der Waals surface area contributed by atoms with Gasteiger partial charge in [0.25, 0.3) is 0 Å². The first-order chi connectivity index (χ1) is 8.31. The molecule has 1 N–H and O–H groups in total. The van der Waals surface area contributed by atoms with Crippen molar-refractivity contribution in [3.8, 4) is 0 Å². The van der Waals surface area contributed by atoms with E-state index in [9.17, 15) is 4.79 Å². The second-order valence-electron chi connectivity index (χ2n) is 3.24. The number of carbonyl (C=O) groups excluding carboxylic acids is 1. The van der Waals surface area contributed by atoms with Crippen LogP contribution in [0.4, 0.5) is 0 Å². The summed E-state index contributed by atoms with van der Waals surface area (Å²) in [5, 5.41) is 6.54. The molecule has 1 heterocycles. The molecule has 0 bridgehead atoms. The van der Waals surface area contributed by atoms with Crippen LogP contribution in [-0.4, -0.2) is 22.8 Å². The summed E-state index contributed by atoms with van der Waals surface area (Å²) in [6.45, 7) is 2.13.